The van der Waals surface area contributed by atoms with Crippen molar-refractivity contribution in [3.8, 4) is 0 Å². The van der Waals surface area contributed by atoms with E-state index < -0.39 is 5.97 Å². The number of aliphatic hydroxyl groups is 1. The second-order valence-corrected chi connectivity index (χ2v) is 6.25. The molecule has 22 heavy (non-hydrogen) atoms. The molecule has 0 aromatic heterocycles. The van der Waals surface area contributed by atoms with Gasteiger partial charge in [0.2, 0.25) is 0 Å². The summed E-state index contributed by atoms with van der Waals surface area (Å²) in [5, 5.41) is 18.2. The highest BCUT2D eigenvalue weighted by Crippen LogP contribution is 2.05. The number of carbonyl (C=O) groups is 1. The Labute approximate surface area is 139 Å². The van der Waals surface area contributed by atoms with Gasteiger partial charge in [0.25, 0.3) is 0 Å². The fourth-order valence-electron chi connectivity index (χ4n) is 1.79. The number of rotatable bonds is 14. The average molecular weight is 327 g/mol. The topological polar surface area (TPSA) is 57.5 Å². The van der Waals surface area contributed by atoms with E-state index in [9.17, 15) is 9.90 Å². The van der Waals surface area contributed by atoms with Gasteiger partial charge in [-0.05, 0) is 19.3 Å². The highest BCUT2D eigenvalue weighted by Gasteiger charge is 1.96. The largest absolute Gasteiger partial charge is 0.481 e. The van der Waals surface area contributed by atoms with Gasteiger partial charge in [-0.15, -0.1) is 0 Å². The molecular formula is C18H30O3S. The minimum Gasteiger partial charge on any atom is -0.481 e. The van der Waals surface area contributed by atoms with E-state index in [0.29, 0.717) is 6.42 Å². The van der Waals surface area contributed by atoms with Crippen molar-refractivity contribution in [2.75, 3.05) is 11.5 Å². The molecule has 0 radical (unpaired) electrons. The van der Waals surface area contributed by atoms with Crippen molar-refractivity contribution in [1.82, 2.24) is 0 Å². The van der Waals surface area contributed by atoms with Gasteiger partial charge in [-0.1, -0.05) is 62.6 Å². The number of unbranched alkanes of at least 4 members (excludes halogenated alkanes) is 3. The van der Waals surface area contributed by atoms with Crippen LogP contribution in [0.5, 0.6) is 0 Å². The molecule has 0 heterocycles. The van der Waals surface area contributed by atoms with Crippen LogP contribution >= 0.6 is 11.8 Å². The number of aliphatic hydroxyl groups excluding tert-OH is 1. The molecule has 0 saturated carbocycles. The smallest absolute Gasteiger partial charge is 0.303 e. The summed E-state index contributed by atoms with van der Waals surface area (Å²) < 4.78 is 0. The van der Waals surface area contributed by atoms with Crippen molar-refractivity contribution in [2.45, 2.75) is 58.0 Å². The normalized spacial score (nSPS) is 13.5. The van der Waals surface area contributed by atoms with Gasteiger partial charge in [-0.3, -0.25) is 4.79 Å². The Hall–Kier alpha value is -1.00. The summed E-state index contributed by atoms with van der Waals surface area (Å²) in [4.78, 5) is 10.3. The Balaban J connectivity index is 3.46. The molecule has 1 atom stereocenters. The van der Waals surface area contributed by atoms with E-state index in [4.69, 9.17) is 5.11 Å². The van der Waals surface area contributed by atoms with Gasteiger partial charge >= 0.3 is 5.97 Å². The first-order valence-corrected chi connectivity index (χ1v) is 9.28. The number of thioether (sulfide) groups is 1. The van der Waals surface area contributed by atoms with Crippen molar-refractivity contribution in [3.63, 3.8) is 0 Å². The number of carboxylic acid groups (broad SMARTS) is 1. The zero-order valence-corrected chi connectivity index (χ0v) is 14.4. The number of aliphatic carboxylic acids is 1. The molecule has 0 amide bonds. The zero-order valence-electron chi connectivity index (χ0n) is 13.6. The van der Waals surface area contributed by atoms with Gasteiger partial charge in [0.15, 0.2) is 0 Å². The minimum absolute atomic E-state index is 0.247. The van der Waals surface area contributed by atoms with Crippen molar-refractivity contribution >= 4 is 17.7 Å². The third-order valence-corrected chi connectivity index (χ3v) is 3.90. The number of carboxylic acids is 1. The Kier molecular flexibility index (Phi) is 15.6. The molecule has 0 saturated heterocycles. The Morgan fingerprint density at radius 2 is 1.86 bits per heavy atom. The molecule has 0 aromatic rings. The maximum atomic E-state index is 10.3. The van der Waals surface area contributed by atoms with Gasteiger partial charge in [0.05, 0.1) is 6.10 Å². The molecule has 126 valence electrons. The summed E-state index contributed by atoms with van der Waals surface area (Å²) in [7, 11) is 0. The first kappa shape index (κ1) is 21.0. The standard InChI is InChI=1S/C18H30O3S/c1-2-3-7-12-17(19)13-8-6-11-16-22-15-10-5-4-9-14-18(20)21/h5-6,8,10-11,13,17,19H,2-4,7,9,12,14-16H2,1H3,(H,20,21)/b10-5-,11-6-,13-8+/t17-/m0/s1. The summed E-state index contributed by atoms with van der Waals surface area (Å²) in [6, 6.07) is 0. The van der Waals surface area contributed by atoms with Gasteiger partial charge in [-0.2, -0.15) is 11.8 Å². The van der Waals surface area contributed by atoms with E-state index in [-0.39, 0.29) is 12.5 Å². The van der Waals surface area contributed by atoms with Gasteiger partial charge in [0, 0.05) is 17.9 Å². The molecule has 4 heteroatoms. The maximum Gasteiger partial charge on any atom is 0.303 e. The summed E-state index contributed by atoms with van der Waals surface area (Å²) in [5.41, 5.74) is 0. The second-order valence-electron chi connectivity index (χ2n) is 5.17. The third-order valence-electron chi connectivity index (χ3n) is 3.04. The lowest BCUT2D eigenvalue weighted by Gasteiger charge is -2.02. The zero-order chi connectivity index (χ0) is 16.5. The van der Waals surface area contributed by atoms with Crippen molar-refractivity contribution in [3.05, 3.63) is 36.5 Å². The SMILES string of the molecule is CCCCC[C@H](O)/C=C/C=C\CSC/C=C\CCCC(=O)O. The van der Waals surface area contributed by atoms with E-state index in [1.54, 1.807) is 11.8 Å². The number of hydrogen-bond acceptors (Lipinski definition) is 3. The lowest BCUT2D eigenvalue weighted by Crippen LogP contribution is -2.00. The summed E-state index contributed by atoms with van der Waals surface area (Å²) in [6.45, 7) is 2.16. The summed E-state index contributed by atoms with van der Waals surface area (Å²) >= 11 is 1.81. The van der Waals surface area contributed by atoms with Crippen LogP contribution < -0.4 is 0 Å². The Bertz CT molecular complexity index is 348. The summed E-state index contributed by atoms with van der Waals surface area (Å²) in [6.07, 6.45) is 17.7. The lowest BCUT2D eigenvalue weighted by molar-refractivity contribution is -0.137. The van der Waals surface area contributed by atoms with E-state index in [1.807, 2.05) is 24.3 Å². The molecule has 2 N–H and O–H groups in total. The molecule has 0 bridgehead atoms. The lowest BCUT2D eigenvalue weighted by atomic mass is 10.1. The first-order chi connectivity index (χ1) is 10.7. The fraction of sp³-hybridized carbons (Fsp3) is 0.611. The predicted octanol–water partition coefficient (Wildman–Crippen LogP) is 4.58. The predicted molar refractivity (Wildman–Crippen MR) is 96.4 cm³/mol. The molecular weight excluding hydrogens is 296 g/mol. The van der Waals surface area contributed by atoms with Crippen LogP contribution in [0.4, 0.5) is 0 Å². The van der Waals surface area contributed by atoms with Crippen LogP contribution in [0.25, 0.3) is 0 Å². The van der Waals surface area contributed by atoms with Crippen molar-refractivity contribution < 1.29 is 15.0 Å². The molecule has 0 unspecified atom stereocenters. The average Bonchev–Trinajstić information content (AvgIpc) is 2.48. The third kappa shape index (κ3) is 17.1. The van der Waals surface area contributed by atoms with Crippen molar-refractivity contribution in [2.24, 2.45) is 0 Å². The van der Waals surface area contributed by atoms with Crippen LogP contribution in [0.2, 0.25) is 0 Å². The first-order valence-electron chi connectivity index (χ1n) is 8.12. The summed E-state index contributed by atoms with van der Waals surface area (Å²) in [5.74, 6) is 1.16. The van der Waals surface area contributed by atoms with Crippen molar-refractivity contribution in [1.29, 1.82) is 0 Å². The monoisotopic (exact) mass is 326 g/mol. The Morgan fingerprint density at radius 1 is 1.09 bits per heavy atom. The molecule has 0 spiro atoms. The van der Waals surface area contributed by atoms with E-state index in [0.717, 1.165) is 30.8 Å². The Morgan fingerprint density at radius 3 is 2.59 bits per heavy atom. The van der Waals surface area contributed by atoms with Crippen LogP contribution in [0.1, 0.15) is 51.9 Å². The molecule has 0 rings (SSSR count). The van der Waals surface area contributed by atoms with Crippen LogP contribution in [0.15, 0.2) is 36.5 Å². The molecule has 0 aliphatic carbocycles. The molecule has 0 aromatic carbocycles. The van der Waals surface area contributed by atoms with Gasteiger partial charge in [-0.25, -0.2) is 0 Å². The number of hydrogen-bond donors (Lipinski definition) is 2. The van der Waals surface area contributed by atoms with Crippen LogP contribution in [0, 0.1) is 0 Å². The minimum atomic E-state index is -0.726. The molecule has 0 aliphatic heterocycles. The van der Waals surface area contributed by atoms with E-state index >= 15 is 0 Å². The van der Waals surface area contributed by atoms with Crippen LogP contribution in [-0.2, 0) is 4.79 Å². The van der Waals surface area contributed by atoms with E-state index in [1.165, 1.54) is 12.8 Å². The van der Waals surface area contributed by atoms with E-state index in [2.05, 4.69) is 19.1 Å². The molecule has 0 aliphatic rings. The molecule has 3 nitrogen and oxygen atoms in total. The number of allylic oxidation sites excluding steroid dienone is 3. The van der Waals surface area contributed by atoms with Gasteiger partial charge in [0.1, 0.15) is 0 Å². The van der Waals surface area contributed by atoms with Crippen LogP contribution in [-0.4, -0.2) is 33.8 Å². The van der Waals surface area contributed by atoms with Crippen LogP contribution in [0.3, 0.4) is 0 Å². The van der Waals surface area contributed by atoms with Gasteiger partial charge < -0.3 is 10.2 Å². The quantitative estimate of drug-likeness (QED) is 0.278. The highest BCUT2D eigenvalue weighted by atomic mass is 32.2. The highest BCUT2D eigenvalue weighted by molar-refractivity contribution is 7.99. The molecule has 0 fully saturated rings. The fourth-order valence-corrected chi connectivity index (χ4v) is 2.44. The second kappa shape index (κ2) is 16.4. The maximum absolute atomic E-state index is 10.3.